The lowest BCUT2D eigenvalue weighted by atomic mass is 9.82. The number of ether oxygens (including phenoxy) is 1. The van der Waals surface area contributed by atoms with Crippen LogP contribution in [0.2, 0.25) is 0 Å². The predicted octanol–water partition coefficient (Wildman–Crippen LogP) is 3.63. The molecule has 0 amide bonds. The van der Waals surface area contributed by atoms with Gasteiger partial charge in [-0.2, -0.15) is 0 Å². The predicted molar refractivity (Wildman–Crippen MR) is 93.8 cm³/mol. The molecule has 1 aromatic carbocycles. The average molecular weight is 388 g/mol. The molecular weight excluding hydrogens is 366 g/mol. The van der Waals surface area contributed by atoms with Crippen molar-refractivity contribution >= 4 is 33.7 Å². The molecule has 1 aliphatic rings. The van der Waals surface area contributed by atoms with Crippen molar-refractivity contribution in [3.63, 3.8) is 0 Å². The van der Waals surface area contributed by atoms with Gasteiger partial charge in [0, 0.05) is 5.75 Å². The molecule has 2 atom stereocenters. The molecule has 1 fully saturated rings. The summed E-state index contributed by atoms with van der Waals surface area (Å²) in [5.41, 5.74) is 1.41. The van der Waals surface area contributed by atoms with E-state index in [0.29, 0.717) is 12.4 Å². The molecule has 0 spiro atoms. The summed E-state index contributed by atoms with van der Waals surface area (Å²) in [4.78, 5) is 10.9. The minimum absolute atomic E-state index is 0.0137. The van der Waals surface area contributed by atoms with Gasteiger partial charge < -0.3 is 9.84 Å². The van der Waals surface area contributed by atoms with Crippen LogP contribution in [0.25, 0.3) is 0 Å². The largest absolute Gasteiger partial charge is 0.490 e. The zero-order valence-electron chi connectivity index (χ0n) is 13.1. The van der Waals surface area contributed by atoms with Gasteiger partial charge in [0.05, 0.1) is 9.85 Å². The van der Waals surface area contributed by atoms with Gasteiger partial charge in [-0.15, -0.1) is 11.8 Å². The van der Waals surface area contributed by atoms with E-state index >= 15 is 0 Å². The minimum atomic E-state index is -0.803. The Balaban J connectivity index is 1.96. The molecule has 1 heterocycles. The van der Waals surface area contributed by atoms with Crippen molar-refractivity contribution in [2.75, 3.05) is 12.4 Å². The van der Waals surface area contributed by atoms with Gasteiger partial charge in [-0.3, -0.25) is 10.1 Å². The second kappa shape index (κ2) is 7.23. The lowest BCUT2D eigenvalue weighted by Gasteiger charge is -2.24. The fourth-order valence-corrected chi connectivity index (χ4v) is 3.76. The van der Waals surface area contributed by atoms with Crippen LogP contribution in [0.3, 0.4) is 0 Å². The van der Waals surface area contributed by atoms with Gasteiger partial charge in [0.2, 0.25) is 0 Å². The van der Waals surface area contributed by atoms with E-state index in [-0.39, 0.29) is 10.8 Å². The summed E-state index contributed by atoms with van der Waals surface area (Å²) < 4.78 is 6.76. The highest BCUT2D eigenvalue weighted by Gasteiger charge is 2.29. The van der Waals surface area contributed by atoms with Crippen molar-refractivity contribution in [1.29, 1.82) is 0 Å². The Labute approximate surface area is 144 Å². The van der Waals surface area contributed by atoms with E-state index in [1.165, 1.54) is 5.56 Å². The first kappa shape index (κ1) is 17.6. The Morgan fingerprint density at radius 1 is 1.55 bits per heavy atom. The molecule has 1 saturated heterocycles. The lowest BCUT2D eigenvalue weighted by Crippen LogP contribution is -2.38. The van der Waals surface area contributed by atoms with Crippen molar-refractivity contribution in [1.82, 2.24) is 5.32 Å². The molecule has 122 valence electrons. The van der Waals surface area contributed by atoms with Crippen LogP contribution in [0.1, 0.15) is 32.8 Å². The molecule has 1 aliphatic heterocycles. The van der Waals surface area contributed by atoms with E-state index in [1.807, 2.05) is 6.07 Å². The highest BCUT2D eigenvalue weighted by atomic mass is 79.9. The molecule has 2 rings (SSSR count). The normalized spacial score (nSPS) is 21.8. The molecule has 1 aromatic rings. The maximum Gasteiger partial charge on any atom is 0.321 e. The van der Waals surface area contributed by atoms with Crippen molar-refractivity contribution in [3.05, 3.63) is 28.2 Å². The van der Waals surface area contributed by atoms with Crippen LogP contribution >= 0.6 is 27.7 Å². The topological polar surface area (TPSA) is 58.6 Å². The third kappa shape index (κ3) is 4.18. The summed E-state index contributed by atoms with van der Waals surface area (Å²) in [5.74, 6) is 0.563. The van der Waals surface area contributed by atoms with Gasteiger partial charge in [-0.05, 0) is 45.5 Å². The average Bonchev–Trinajstić information content (AvgIpc) is 2.95. The summed E-state index contributed by atoms with van der Waals surface area (Å²) in [6.45, 7) is 7.07. The SMILES string of the molecule is CCC(C)(C)c1ccc(OCC2NC(C(=O)O)CS2)c(Br)c1. The number of aliphatic carboxylic acids is 1. The standard InChI is InChI=1S/C16H22BrNO3S/c1-4-16(2,3)10-5-6-13(11(17)7-10)21-8-14-18-12(9-22-14)15(19)20/h5-7,12,14,18H,4,8-9H2,1-3H3,(H,19,20). The minimum Gasteiger partial charge on any atom is -0.490 e. The third-order valence-corrected chi connectivity index (χ3v) is 5.96. The maximum absolute atomic E-state index is 10.9. The number of carboxylic acid groups (broad SMARTS) is 1. The summed E-state index contributed by atoms with van der Waals surface area (Å²) in [6, 6.07) is 5.70. The number of rotatable bonds is 6. The first-order valence-corrected chi connectivity index (χ1v) is 9.21. The first-order chi connectivity index (χ1) is 10.3. The number of halogens is 1. The van der Waals surface area contributed by atoms with E-state index in [4.69, 9.17) is 9.84 Å². The van der Waals surface area contributed by atoms with Gasteiger partial charge in [0.25, 0.3) is 0 Å². The van der Waals surface area contributed by atoms with E-state index in [9.17, 15) is 4.79 Å². The molecular formula is C16H22BrNO3S. The zero-order valence-corrected chi connectivity index (χ0v) is 15.5. The van der Waals surface area contributed by atoms with Gasteiger partial charge in [0.15, 0.2) is 0 Å². The Morgan fingerprint density at radius 3 is 2.82 bits per heavy atom. The highest BCUT2D eigenvalue weighted by Crippen LogP contribution is 2.33. The Kier molecular flexibility index (Phi) is 5.80. The summed E-state index contributed by atoms with van der Waals surface area (Å²) in [7, 11) is 0. The van der Waals surface area contributed by atoms with Crippen LogP contribution < -0.4 is 10.1 Å². The van der Waals surface area contributed by atoms with Crippen LogP contribution in [0.4, 0.5) is 0 Å². The number of thioether (sulfide) groups is 1. The molecule has 0 bridgehead atoms. The molecule has 6 heteroatoms. The quantitative estimate of drug-likeness (QED) is 0.780. The van der Waals surface area contributed by atoms with Crippen molar-refractivity contribution in [3.8, 4) is 5.75 Å². The molecule has 22 heavy (non-hydrogen) atoms. The lowest BCUT2D eigenvalue weighted by molar-refractivity contribution is -0.138. The van der Waals surface area contributed by atoms with Crippen molar-refractivity contribution in [2.45, 2.75) is 44.0 Å². The van der Waals surface area contributed by atoms with E-state index in [0.717, 1.165) is 16.6 Å². The van der Waals surface area contributed by atoms with Crippen LogP contribution in [0.5, 0.6) is 5.75 Å². The zero-order chi connectivity index (χ0) is 16.3. The molecule has 2 N–H and O–H groups in total. The van der Waals surface area contributed by atoms with Crippen molar-refractivity contribution in [2.24, 2.45) is 0 Å². The molecule has 4 nitrogen and oxygen atoms in total. The van der Waals surface area contributed by atoms with Gasteiger partial charge >= 0.3 is 5.97 Å². The molecule has 0 aliphatic carbocycles. The number of hydrogen-bond acceptors (Lipinski definition) is 4. The Bertz CT molecular complexity index is 550. The van der Waals surface area contributed by atoms with Crippen LogP contribution in [0.15, 0.2) is 22.7 Å². The maximum atomic E-state index is 10.9. The molecule has 2 unspecified atom stereocenters. The third-order valence-electron chi connectivity index (χ3n) is 4.14. The van der Waals surface area contributed by atoms with Gasteiger partial charge in [0.1, 0.15) is 18.4 Å². The Morgan fingerprint density at radius 2 is 2.27 bits per heavy atom. The first-order valence-electron chi connectivity index (χ1n) is 7.37. The number of benzene rings is 1. The highest BCUT2D eigenvalue weighted by molar-refractivity contribution is 9.10. The second-order valence-corrected chi connectivity index (χ2v) is 8.16. The summed E-state index contributed by atoms with van der Waals surface area (Å²) >= 11 is 5.15. The number of hydrogen-bond donors (Lipinski definition) is 2. The monoisotopic (exact) mass is 387 g/mol. The fourth-order valence-electron chi connectivity index (χ4n) is 2.18. The van der Waals surface area contributed by atoms with Crippen LogP contribution in [0, 0.1) is 0 Å². The molecule has 0 aromatic heterocycles. The van der Waals surface area contributed by atoms with Gasteiger partial charge in [-0.25, -0.2) is 0 Å². The summed E-state index contributed by atoms with van der Waals surface area (Å²) in [6.07, 6.45) is 1.07. The fraction of sp³-hybridized carbons (Fsp3) is 0.562. The van der Waals surface area contributed by atoms with E-state index in [2.05, 4.69) is 54.2 Å². The van der Waals surface area contributed by atoms with Crippen LogP contribution in [-0.2, 0) is 10.2 Å². The smallest absolute Gasteiger partial charge is 0.321 e. The Hall–Kier alpha value is -0.720. The number of carbonyl (C=O) groups is 1. The van der Waals surface area contributed by atoms with Gasteiger partial charge in [-0.1, -0.05) is 26.8 Å². The second-order valence-electron chi connectivity index (χ2n) is 6.07. The van der Waals surface area contributed by atoms with Crippen molar-refractivity contribution < 1.29 is 14.6 Å². The van der Waals surface area contributed by atoms with Crippen LogP contribution in [-0.4, -0.2) is 34.9 Å². The van der Waals surface area contributed by atoms with E-state index < -0.39 is 12.0 Å². The summed E-state index contributed by atoms with van der Waals surface area (Å²) in [5, 5.41) is 12.0. The number of carboxylic acids is 1. The molecule has 0 radical (unpaired) electrons. The molecule has 0 saturated carbocycles. The van der Waals surface area contributed by atoms with E-state index in [1.54, 1.807) is 11.8 Å². The number of nitrogens with one attached hydrogen (secondary N) is 1.